The van der Waals surface area contributed by atoms with E-state index in [0.717, 1.165) is 24.1 Å². The van der Waals surface area contributed by atoms with Gasteiger partial charge in [-0.15, -0.1) is 0 Å². The summed E-state index contributed by atoms with van der Waals surface area (Å²) in [4.78, 5) is 12.2. The molecule has 2 aromatic carbocycles. The van der Waals surface area contributed by atoms with Crippen LogP contribution >= 0.6 is 23.2 Å². The summed E-state index contributed by atoms with van der Waals surface area (Å²) in [6.07, 6.45) is 3.31. The monoisotopic (exact) mass is 389 g/mol. The number of rotatable bonds is 6. The van der Waals surface area contributed by atoms with Crippen molar-refractivity contribution in [1.29, 1.82) is 0 Å². The number of aromatic nitrogens is 2. The molecule has 3 aromatic rings. The number of nitrogens with zero attached hydrogens (tertiary/aromatic N) is 2. The molecule has 2 N–H and O–H groups in total. The predicted molar refractivity (Wildman–Crippen MR) is 102 cm³/mol. The average Bonchev–Trinajstić information content (AvgIpc) is 3.12. The number of hydrogen-bond acceptors (Lipinski definition) is 3. The fourth-order valence-electron chi connectivity index (χ4n) is 2.46. The highest BCUT2D eigenvalue weighted by Crippen LogP contribution is 2.24. The number of halogens is 2. The van der Waals surface area contributed by atoms with Gasteiger partial charge in [-0.2, -0.15) is 5.10 Å². The van der Waals surface area contributed by atoms with Crippen molar-refractivity contribution in [2.24, 2.45) is 0 Å². The summed E-state index contributed by atoms with van der Waals surface area (Å²) in [7, 11) is 0. The predicted octanol–water partition coefficient (Wildman–Crippen LogP) is 4.25. The summed E-state index contributed by atoms with van der Waals surface area (Å²) in [5, 5.41) is 17.3. The molecule has 26 heavy (non-hydrogen) atoms. The van der Waals surface area contributed by atoms with Crippen LogP contribution < -0.4 is 5.32 Å². The zero-order valence-electron chi connectivity index (χ0n) is 13.8. The number of carbonyl (C=O) groups excluding carboxylic acids is 1. The lowest BCUT2D eigenvalue weighted by Crippen LogP contribution is -2.25. The van der Waals surface area contributed by atoms with Crippen LogP contribution in [0.15, 0.2) is 54.7 Å². The SMILES string of the molecule is O=C(NCCCc1ccc(O)cc1)c1ccn(-c2ccc(Cl)c(Cl)c2)n1. The first kappa shape index (κ1) is 18.3. The number of nitrogens with one attached hydrogen (secondary N) is 1. The normalized spacial score (nSPS) is 10.7. The van der Waals surface area contributed by atoms with Crippen molar-refractivity contribution < 1.29 is 9.90 Å². The number of carbonyl (C=O) groups is 1. The molecule has 0 unspecified atom stereocenters. The molecule has 0 aliphatic rings. The first-order valence-corrected chi connectivity index (χ1v) is 8.86. The molecule has 1 aromatic heterocycles. The van der Waals surface area contributed by atoms with Crippen molar-refractivity contribution >= 4 is 29.1 Å². The van der Waals surface area contributed by atoms with Crippen LogP contribution in [0, 0.1) is 0 Å². The second-order valence-corrected chi connectivity index (χ2v) is 6.58. The number of phenols is 1. The second-order valence-electron chi connectivity index (χ2n) is 5.77. The second kappa shape index (κ2) is 8.25. The Bertz CT molecular complexity index is 907. The number of aromatic hydroxyl groups is 1. The highest BCUT2D eigenvalue weighted by atomic mass is 35.5. The lowest BCUT2D eigenvalue weighted by atomic mass is 10.1. The van der Waals surface area contributed by atoms with Crippen molar-refractivity contribution in [3.8, 4) is 11.4 Å². The highest BCUT2D eigenvalue weighted by Gasteiger charge is 2.10. The van der Waals surface area contributed by atoms with Gasteiger partial charge in [0.25, 0.3) is 5.91 Å². The van der Waals surface area contributed by atoms with Gasteiger partial charge >= 0.3 is 0 Å². The lowest BCUT2D eigenvalue weighted by molar-refractivity contribution is 0.0948. The van der Waals surface area contributed by atoms with E-state index in [4.69, 9.17) is 23.2 Å². The quantitative estimate of drug-likeness (QED) is 0.619. The van der Waals surface area contributed by atoms with E-state index >= 15 is 0 Å². The molecule has 0 atom stereocenters. The van der Waals surface area contributed by atoms with Crippen molar-refractivity contribution in [2.45, 2.75) is 12.8 Å². The molecule has 0 saturated heterocycles. The fraction of sp³-hybridized carbons (Fsp3) is 0.158. The molecule has 1 amide bonds. The molecule has 0 aliphatic heterocycles. The van der Waals surface area contributed by atoms with E-state index in [1.165, 1.54) is 0 Å². The largest absolute Gasteiger partial charge is 0.508 e. The third kappa shape index (κ3) is 4.56. The highest BCUT2D eigenvalue weighted by molar-refractivity contribution is 6.42. The molecule has 0 aliphatic carbocycles. The molecule has 0 fully saturated rings. The third-order valence-electron chi connectivity index (χ3n) is 3.85. The van der Waals surface area contributed by atoms with Gasteiger partial charge < -0.3 is 10.4 Å². The standard InChI is InChI=1S/C19H17Cl2N3O2/c20-16-8-5-14(12-17(16)21)24-11-9-18(23-24)19(26)22-10-1-2-13-3-6-15(25)7-4-13/h3-9,11-12,25H,1-2,10H2,(H,22,26). The van der Waals surface area contributed by atoms with Crippen molar-refractivity contribution in [2.75, 3.05) is 6.54 Å². The Morgan fingerprint density at radius 2 is 1.85 bits per heavy atom. The van der Waals surface area contributed by atoms with Gasteiger partial charge in [-0.3, -0.25) is 4.79 Å². The summed E-state index contributed by atoms with van der Waals surface area (Å²) in [5.74, 6) is 0.0223. The average molecular weight is 390 g/mol. The van der Waals surface area contributed by atoms with Gasteiger partial charge in [0.1, 0.15) is 5.75 Å². The van der Waals surface area contributed by atoms with Crippen LogP contribution in [-0.2, 0) is 6.42 Å². The Balaban J connectivity index is 1.53. The minimum Gasteiger partial charge on any atom is -0.508 e. The number of phenolic OH excluding ortho intramolecular Hbond substituents is 1. The molecule has 0 saturated carbocycles. The Hall–Kier alpha value is -2.50. The van der Waals surface area contributed by atoms with E-state index < -0.39 is 0 Å². The van der Waals surface area contributed by atoms with E-state index in [2.05, 4.69) is 10.4 Å². The first-order chi connectivity index (χ1) is 12.5. The fourth-order valence-corrected chi connectivity index (χ4v) is 2.76. The van der Waals surface area contributed by atoms with Crippen LogP contribution in [-0.4, -0.2) is 27.3 Å². The Morgan fingerprint density at radius 1 is 1.08 bits per heavy atom. The minimum atomic E-state index is -0.227. The maximum Gasteiger partial charge on any atom is 0.271 e. The zero-order chi connectivity index (χ0) is 18.5. The van der Waals surface area contributed by atoms with Gasteiger partial charge in [0.05, 0.1) is 15.7 Å². The molecule has 3 rings (SSSR count). The van der Waals surface area contributed by atoms with Gasteiger partial charge in [-0.25, -0.2) is 4.68 Å². The number of aryl methyl sites for hydroxylation is 1. The van der Waals surface area contributed by atoms with Gasteiger partial charge in [0.15, 0.2) is 5.69 Å². The molecule has 0 bridgehead atoms. The first-order valence-electron chi connectivity index (χ1n) is 8.10. The van der Waals surface area contributed by atoms with Gasteiger partial charge in [-0.05, 0) is 54.8 Å². The minimum absolute atomic E-state index is 0.227. The van der Waals surface area contributed by atoms with E-state index in [9.17, 15) is 9.90 Å². The topological polar surface area (TPSA) is 67.2 Å². The smallest absolute Gasteiger partial charge is 0.271 e. The summed E-state index contributed by atoms with van der Waals surface area (Å²) in [6, 6.07) is 13.9. The maximum atomic E-state index is 12.2. The van der Waals surface area contributed by atoms with E-state index in [1.54, 1.807) is 47.3 Å². The molecule has 7 heteroatoms. The number of amides is 1. The third-order valence-corrected chi connectivity index (χ3v) is 4.59. The summed E-state index contributed by atoms with van der Waals surface area (Å²) < 4.78 is 1.58. The lowest BCUT2D eigenvalue weighted by Gasteiger charge is -2.05. The summed E-state index contributed by atoms with van der Waals surface area (Å²) >= 11 is 11.9. The van der Waals surface area contributed by atoms with Crippen LogP contribution in [0.25, 0.3) is 5.69 Å². The van der Waals surface area contributed by atoms with E-state index in [1.807, 2.05) is 12.1 Å². The number of benzene rings is 2. The Morgan fingerprint density at radius 3 is 2.58 bits per heavy atom. The Labute approximate surface area is 161 Å². The molecule has 5 nitrogen and oxygen atoms in total. The summed E-state index contributed by atoms with van der Waals surface area (Å²) in [6.45, 7) is 0.541. The summed E-state index contributed by atoms with van der Waals surface area (Å²) in [5.41, 5.74) is 2.17. The van der Waals surface area contributed by atoms with E-state index in [0.29, 0.717) is 22.3 Å². The molecule has 0 spiro atoms. The van der Waals surface area contributed by atoms with Gasteiger partial charge in [0, 0.05) is 12.7 Å². The van der Waals surface area contributed by atoms with E-state index in [-0.39, 0.29) is 11.7 Å². The van der Waals surface area contributed by atoms with Crippen LogP contribution in [0.4, 0.5) is 0 Å². The van der Waals surface area contributed by atoms with Crippen LogP contribution in [0.2, 0.25) is 10.0 Å². The Kier molecular flexibility index (Phi) is 5.81. The van der Waals surface area contributed by atoms with Gasteiger partial charge in [0.2, 0.25) is 0 Å². The maximum absolute atomic E-state index is 12.2. The van der Waals surface area contributed by atoms with Crippen LogP contribution in [0.3, 0.4) is 0 Å². The molecule has 0 radical (unpaired) electrons. The molecule has 134 valence electrons. The molecule has 1 heterocycles. The van der Waals surface area contributed by atoms with Gasteiger partial charge in [-0.1, -0.05) is 35.3 Å². The molecular weight excluding hydrogens is 373 g/mol. The van der Waals surface area contributed by atoms with Crippen LogP contribution in [0.1, 0.15) is 22.5 Å². The van der Waals surface area contributed by atoms with Crippen molar-refractivity contribution in [3.63, 3.8) is 0 Å². The van der Waals surface area contributed by atoms with Crippen molar-refractivity contribution in [1.82, 2.24) is 15.1 Å². The molecular formula is C19H17Cl2N3O2. The zero-order valence-corrected chi connectivity index (χ0v) is 15.3. The van der Waals surface area contributed by atoms with Crippen molar-refractivity contribution in [3.05, 3.63) is 76.0 Å². The van der Waals surface area contributed by atoms with Crippen LogP contribution in [0.5, 0.6) is 5.75 Å². The number of hydrogen-bond donors (Lipinski definition) is 2.